The van der Waals surface area contributed by atoms with Crippen LogP contribution in [0.2, 0.25) is 0 Å². The maximum Gasteiger partial charge on any atom is 0.0500 e. The molecule has 2 aromatic carbocycles. The third-order valence-electron chi connectivity index (χ3n) is 3.35. The first-order valence-electron chi connectivity index (χ1n) is 6.38. The molecule has 0 saturated heterocycles. The van der Waals surface area contributed by atoms with Crippen molar-refractivity contribution in [3.8, 4) is 0 Å². The number of nitrogens with one attached hydrogen (secondary N) is 1. The summed E-state index contributed by atoms with van der Waals surface area (Å²) in [6.07, 6.45) is 0.888. The number of hydrazine groups is 1. The average molecular weight is 319 g/mol. The van der Waals surface area contributed by atoms with Gasteiger partial charge in [-0.15, -0.1) is 0 Å². The summed E-state index contributed by atoms with van der Waals surface area (Å²) in [5.41, 5.74) is 7.99. The number of rotatable bonds is 4. The molecule has 0 radical (unpaired) electrons. The second-order valence-corrected chi connectivity index (χ2v) is 5.83. The number of aryl methyl sites for hydroxylation is 2. The highest BCUT2D eigenvalue weighted by Gasteiger charge is 2.12. The van der Waals surface area contributed by atoms with E-state index in [1.54, 1.807) is 0 Å². The normalized spacial score (nSPS) is 12.4. The monoisotopic (exact) mass is 318 g/mol. The van der Waals surface area contributed by atoms with Crippen LogP contribution in [0.1, 0.15) is 28.3 Å². The van der Waals surface area contributed by atoms with Crippen LogP contribution >= 0.6 is 15.9 Å². The summed E-state index contributed by atoms with van der Waals surface area (Å²) in [7, 11) is 0. The van der Waals surface area contributed by atoms with Crippen molar-refractivity contribution in [2.75, 3.05) is 0 Å². The van der Waals surface area contributed by atoms with E-state index in [-0.39, 0.29) is 6.04 Å². The molecule has 0 amide bonds. The zero-order chi connectivity index (χ0) is 13.8. The molecule has 0 aliphatic rings. The lowest BCUT2D eigenvalue weighted by Crippen LogP contribution is -2.29. The van der Waals surface area contributed by atoms with Gasteiger partial charge in [-0.3, -0.25) is 11.3 Å². The van der Waals surface area contributed by atoms with Crippen LogP contribution in [-0.4, -0.2) is 0 Å². The summed E-state index contributed by atoms with van der Waals surface area (Å²) >= 11 is 3.54. The number of nitrogens with two attached hydrogens (primary N) is 1. The average Bonchev–Trinajstić information content (AvgIpc) is 2.36. The molecule has 3 heteroatoms. The van der Waals surface area contributed by atoms with Crippen molar-refractivity contribution >= 4 is 15.9 Å². The quantitative estimate of drug-likeness (QED) is 0.664. The standard InChI is InChI=1S/C16H19BrN2/c1-11-7-14(9-15(17)8-11)16(19-18)10-13-6-4-3-5-12(13)2/h3-9,16,19H,10,18H2,1-2H3. The summed E-state index contributed by atoms with van der Waals surface area (Å²) in [6, 6.07) is 14.9. The van der Waals surface area contributed by atoms with Gasteiger partial charge in [0.15, 0.2) is 0 Å². The summed E-state index contributed by atoms with van der Waals surface area (Å²) in [6.45, 7) is 4.23. The van der Waals surface area contributed by atoms with Crippen LogP contribution in [0.25, 0.3) is 0 Å². The van der Waals surface area contributed by atoms with Gasteiger partial charge in [-0.05, 0) is 54.7 Å². The van der Waals surface area contributed by atoms with Gasteiger partial charge in [-0.2, -0.15) is 0 Å². The SMILES string of the molecule is Cc1cc(Br)cc(C(Cc2ccccc2C)NN)c1. The lowest BCUT2D eigenvalue weighted by molar-refractivity contribution is 0.550. The predicted molar refractivity (Wildman–Crippen MR) is 83.8 cm³/mol. The van der Waals surface area contributed by atoms with Crippen molar-refractivity contribution in [3.05, 3.63) is 69.2 Å². The van der Waals surface area contributed by atoms with Crippen LogP contribution in [-0.2, 0) is 6.42 Å². The van der Waals surface area contributed by atoms with Crippen molar-refractivity contribution in [1.82, 2.24) is 5.43 Å². The maximum atomic E-state index is 5.74. The van der Waals surface area contributed by atoms with Gasteiger partial charge in [-0.1, -0.05) is 46.3 Å². The van der Waals surface area contributed by atoms with Gasteiger partial charge in [-0.25, -0.2) is 0 Å². The Hall–Kier alpha value is -1.16. The minimum absolute atomic E-state index is 0.122. The van der Waals surface area contributed by atoms with Crippen molar-refractivity contribution in [2.24, 2.45) is 5.84 Å². The molecule has 100 valence electrons. The highest BCUT2D eigenvalue weighted by molar-refractivity contribution is 9.10. The highest BCUT2D eigenvalue weighted by Crippen LogP contribution is 2.24. The van der Waals surface area contributed by atoms with E-state index in [0.29, 0.717) is 0 Å². The van der Waals surface area contributed by atoms with Gasteiger partial charge in [0.2, 0.25) is 0 Å². The van der Waals surface area contributed by atoms with Crippen LogP contribution in [0.15, 0.2) is 46.9 Å². The Kier molecular flexibility index (Phi) is 4.75. The highest BCUT2D eigenvalue weighted by atomic mass is 79.9. The molecule has 3 N–H and O–H groups in total. The van der Waals surface area contributed by atoms with Crippen LogP contribution in [0.3, 0.4) is 0 Å². The Balaban J connectivity index is 2.28. The summed E-state index contributed by atoms with van der Waals surface area (Å²) in [5, 5.41) is 0. The summed E-state index contributed by atoms with van der Waals surface area (Å²) < 4.78 is 1.09. The van der Waals surface area contributed by atoms with Crippen molar-refractivity contribution in [1.29, 1.82) is 0 Å². The van der Waals surface area contributed by atoms with Gasteiger partial charge in [0, 0.05) is 4.47 Å². The maximum absolute atomic E-state index is 5.74. The van der Waals surface area contributed by atoms with E-state index in [1.165, 1.54) is 22.3 Å². The molecule has 0 fully saturated rings. The zero-order valence-electron chi connectivity index (χ0n) is 11.3. The van der Waals surface area contributed by atoms with E-state index in [1.807, 2.05) is 0 Å². The molecule has 19 heavy (non-hydrogen) atoms. The Labute approximate surface area is 123 Å². The molecule has 2 nitrogen and oxygen atoms in total. The largest absolute Gasteiger partial charge is 0.271 e. The number of halogens is 1. The Morgan fingerprint density at radius 1 is 1.16 bits per heavy atom. The minimum atomic E-state index is 0.122. The lowest BCUT2D eigenvalue weighted by Gasteiger charge is -2.18. The third-order valence-corrected chi connectivity index (χ3v) is 3.81. The van der Waals surface area contributed by atoms with Crippen LogP contribution in [0.4, 0.5) is 0 Å². The Morgan fingerprint density at radius 3 is 2.53 bits per heavy atom. The Bertz CT molecular complexity index is 546. The first kappa shape index (κ1) is 14.3. The number of benzene rings is 2. The fraction of sp³-hybridized carbons (Fsp3) is 0.250. The van der Waals surface area contributed by atoms with Crippen molar-refractivity contribution < 1.29 is 0 Å². The number of hydrogen-bond acceptors (Lipinski definition) is 2. The smallest absolute Gasteiger partial charge is 0.0500 e. The second-order valence-electron chi connectivity index (χ2n) is 4.91. The number of hydrogen-bond donors (Lipinski definition) is 2. The fourth-order valence-corrected chi connectivity index (χ4v) is 2.92. The first-order valence-corrected chi connectivity index (χ1v) is 7.17. The van der Waals surface area contributed by atoms with E-state index in [0.717, 1.165) is 10.9 Å². The fourth-order valence-electron chi connectivity index (χ4n) is 2.30. The third kappa shape index (κ3) is 3.66. The molecule has 0 aliphatic heterocycles. The second kappa shape index (κ2) is 6.33. The molecule has 0 aliphatic carbocycles. The molecule has 1 unspecified atom stereocenters. The van der Waals surface area contributed by atoms with Gasteiger partial charge in [0.05, 0.1) is 6.04 Å². The van der Waals surface area contributed by atoms with E-state index in [2.05, 4.69) is 77.7 Å². The molecule has 0 spiro atoms. The van der Waals surface area contributed by atoms with Gasteiger partial charge < -0.3 is 0 Å². The Morgan fingerprint density at radius 2 is 1.89 bits per heavy atom. The molecule has 0 heterocycles. The van der Waals surface area contributed by atoms with E-state index in [9.17, 15) is 0 Å². The lowest BCUT2D eigenvalue weighted by atomic mass is 9.96. The molecule has 2 rings (SSSR count). The van der Waals surface area contributed by atoms with Crippen LogP contribution in [0.5, 0.6) is 0 Å². The molecule has 0 aromatic heterocycles. The van der Waals surface area contributed by atoms with Crippen LogP contribution in [0, 0.1) is 13.8 Å². The van der Waals surface area contributed by atoms with Crippen molar-refractivity contribution in [2.45, 2.75) is 26.3 Å². The minimum Gasteiger partial charge on any atom is -0.271 e. The van der Waals surface area contributed by atoms with E-state index in [4.69, 9.17) is 5.84 Å². The topological polar surface area (TPSA) is 38.0 Å². The van der Waals surface area contributed by atoms with Gasteiger partial charge in [0.25, 0.3) is 0 Å². The van der Waals surface area contributed by atoms with Gasteiger partial charge >= 0.3 is 0 Å². The molecule has 1 atom stereocenters. The molecule has 0 bridgehead atoms. The zero-order valence-corrected chi connectivity index (χ0v) is 12.9. The molecular formula is C16H19BrN2. The first-order chi connectivity index (χ1) is 9.10. The van der Waals surface area contributed by atoms with Gasteiger partial charge in [0.1, 0.15) is 0 Å². The van der Waals surface area contributed by atoms with E-state index < -0.39 is 0 Å². The molecular weight excluding hydrogens is 300 g/mol. The van der Waals surface area contributed by atoms with Crippen LogP contribution < -0.4 is 11.3 Å². The summed E-state index contributed by atoms with van der Waals surface area (Å²) in [5.74, 6) is 5.74. The molecule has 0 saturated carbocycles. The predicted octanol–water partition coefficient (Wildman–Crippen LogP) is 3.81. The summed E-state index contributed by atoms with van der Waals surface area (Å²) in [4.78, 5) is 0. The van der Waals surface area contributed by atoms with E-state index >= 15 is 0 Å². The molecule has 2 aromatic rings. The van der Waals surface area contributed by atoms with Crippen molar-refractivity contribution in [3.63, 3.8) is 0 Å².